The number of benzene rings is 1. The second-order valence-electron chi connectivity index (χ2n) is 3.25. The minimum absolute atomic E-state index is 0.350. The normalized spacial score (nSPS) is 10.6. The minimum atomic E-state index is -1.27. The highest BCUT2D eigenvalue weighted by atomic mass is 16.5. The van der Waals surface area contributed by atoms with E-state index < -0.39 is 5.97 Å². The van der Waals surface area contributed by atoms with Crippen molar-refractivity contribution in [1.82, 2.24) is 0 Å². The molecule has 1 rings (SSSR count). The summed E-state index contributed by atoms with van der Waals surface area (Å²) in [5.41, 5.74) is 9.38. The average molecular weight is 233 g/mol. The predicted molar refractivity (Wildman–Crippen MR) is 62.5 cm³/mol. The van der Waals surface area contributed by atoms with Crippen LogP contribution in [0.25, 0.3) is 16.5 Å². The zero-order valence-electron chi connectivity index (χ0n) is 9.41. The van der Waals surface area contributed by atoms with Crippen LogP contribution in [0, 0.1) is 6.92 Å². The van der Waals surface area contributed by atoms with Crippen molar-refractivity contribution in [2.45, 2.75) is 6.92 Å². The molecular formula is C11H11N3O3. The Morgan fingerprint density at radius 2 is 2.29 bits per heavy atom. The molecule has 0 saturated carbocycles. The molecule has 6 nitrogen and oxygen atoms in total. The van der Waals surface area contributed by atoms with E-state index in [9.17, 15) is 4.79 Å². The van der Waals surface area contributed by atoms with Gasteiger partial charge in [0.2, 0.25) is 0 Å². The molecular weight excluding hydrogens is 222 g/mol. The topological polar surface area (TPSA) is 95.3 Å². The van der Waals surface area contributed by atoms with Crippen LogP contribution in [-0.2, 0) is 4.79 Å². The molecule has 88 valence electrons. The molecule has 0 radical (unpaired) electrons. The molecule has 0 bridgehead atoms. The number of hydrogen-bond donors (Lipinski definition) is 1. The summed E-state index contributed by atoms with van der Waals surface area (Å²) in [4.78, 5) is 13.2. The summed E-state index contributed by atoms with van der Waals surface area (Å²) in [6, 6.07) is 5.15. The number of ether oxygens (including phenoxy) is 1. The Morgan fingerprint density at radius 3 is 2.76 bits per heavy atom. The van der Waals surface area contributed by atoms with Gasteiger partial charge in [0.1, 0.15) is 11.4 Å². The van der Waals surface area contributed by atoms with Crippen molar-refractivity contribution in [3.63, 3.8) is 0 Å². The Bertz CT molecular complexity index is 513. The molecule has 0 aliphatic heterocycles. The summed E-state index contributed by atoms with van der Waals surface area (Å²) in [5, 5.41) is 11.9. The number of hydrogen-bond acceptors (Lipinski definition) is 3. The van der Waals surface area contributed by atoms with Gasteiger partial charge in [0.15, 0.2) is 0 Å². The Morgan fingerprint density at radius 1 is 1.59 bits per heavy atom. The van der Waals surface area contributed by atoms with E-state index in [1.807, 2.05) is 6.92 Å². The Hall–Kier alpha value is -2.46. The van der Waals surface area contributed by atoms with Gasteiger partial charge in [0, 0.05) is 4.91 Å². The van der Waals surface area contributed by atoms with Crippen LogP contribution in [0.2, 0.25) is 0 Å². The standard InChI is InChI=1S/C11H11N3O3/c1-7-5-8(3-4-10(7)17-2)6-9(11(15)16)13-14-12/h3-6H,1-2H3,(H,15,16)/b9-6+. The van der Waals surface area contributed by atoms with Gasteiger partial charge in [-0.15, -0.1) is 0 Å². The van der Waals surface area contributed by atoms with E-state index in [4.69, 9.17) is 15.4 Å². The van der Waals surface area contributed by atoms with Crippen LogP contribution in [0.3, 0.4) is 0 Å². The van der Waals surface area contributed by atoms with Crippen molar-refractivity contribution < 1.29 is 14.6 Å². The number of aryl methyl sites for hydroxylation is 1. The second kappa shape index (κ2) is 5.58. The average Bonchev–Trinajstić information content (AvgIpc) is 2.28. The van der Waals surface area contributed by atoms with Crippen molar-refractivity contribution in [1.29, 1.82) is 0 Å². The van der Waals surface area contributed by atoms with Crippen LogP contribution in [0.15, 0.2) is 29.0 Å². The van der Waals surface area contributed by atoms with Crippen molar-refractivity contribution in [2.24, 2.45) is 5.11 Å². The molecule has 0 atom stereocenters. The zero-order valence-corrected chi connectivity index (χ0v) is 9.41. The quantitative estimate of drug-likeness (QED) is 0.375. The van der Waals surface area contributed by atoms with Crippen LogP contribution in [0.5, 0.6) is 5.75 Å². The number of nitrogens with zero attached hydrogens (tertiary/aromatic N) is 3. The summed E-state index contributed by atoms with van der Waals surface area (Å²) >= 11 is 0. The molecule has 1 aromatic carbocycles. The molecule has 0 saturated heterocycles. The first-order valence-electron chi connectivity index (χ1n) is 4.73. The molecule has 6 heteroatoms. The SMILES string of the molecule is COc1ccc(/C=C(/N=[N+]=[N-])C(=O)O)cc1C. The third kappa shape index (κ3) is 3.25. The molecule has 1 N–H and O–H groups in total. The van der Waals surface area contributed by atoms with Gasteiger partial charge >= 0.3 is 5.97 Å². The Balaban J connectivity index is 3.16. The van der Waals surface area contributed by atoms with Crippen molar-refractivity contribution >= 4 is 12.0 Å². The number of carboxylic acids is 1. The van der Waals surface area contributed by atoms with Crippen molar-refractivity contribution in [3.8, 4) is 5.75 Å². The molecule has 0 heterocycles. The maximum absolute atomic E-state index is 10.7. The van der Waals surface area contributed by atoms with Crippen LogP contribution in [0.4, 0.5) is 0 Å². The fourth-order valence-corrected chi connectivity index (χ4v) is 1.33. The van der Waals surface area contributed by atoms with Gasteiger partial charge < -0.3 is 9.84 Å². The number of azide groups is 1. The van der Waals surface area contributed by atoms with Gasteiger partial charge in [0.05, 0.1) is 7.11 Å². The van der Waals surface area contributed by atoms with E-state index in [1.165, 1.54) is 6.08 Å². The van der Waals surface area contributed by atoms with Crippen molar-refractivity contribution in [3.05, 3.63) is 45.5 Å². The summed E-state index contributed by atoms with van der Waals surface area (Å²) in [6.45, 7) is 1.84. The fourth-order valence-electron chi connectivity index (χ4n) is 1.33. The number of carbonyl (C=O) groups is 1. The van der Waals surface area contributed by atoms with Crippen molar-refractivity contribution in [2.75, 3.05) is 7.11 Å². The highest BCUT2D eigenvalue weighted by molar-refractivity contribution is 5.91. The lowest BCUT2D eigenvalue weighted by Crippen LogP contribution is -1.96. The second-order valence-corrected chi connectivity index (χ2v) is 3.25. The smallest absolute Gasteiger partial charge is 0.338 e. The zero-order chi connectivity index (χ0) is 12.8. The highest BCUT2D eigenvalue weighted by Crippen LogP contribution is 2.20. The first-order valence-corrected chi connectivity index (χ1v) is 4.73. The lowest BCUT2D eigenvalue weighted by Gasteiger charge is -2.04. The lowest BCUT2D eigenvalue weighted by molar-refractivity contribution is -0.132. The molecule has 0 amide bonds. The van der Waals surface area contributed by atoms with E-state index in [1.54, 1.807) is 25.3 Å². The van der Waals surface area contributed by atoms with E-state index in [2.05, 4.69) is 10.0 Å². The van der Waals surface area contributed by atoms with E-state index >= 15 is 0 Å². The molecule has 0 aliphatic rings. The Labute approximate surface area is 97.8 Å². The van der Waals surface area contributed by atoms with Gasteiger partial charge in [-0.2, -0.15) is 0 Å². The van der Waals surface area contributed by atoms with Crippen LogP contribution >= 0.6 is 0 Å². The van der Waals surface area contributed by atoms with E-state index in [0.29, 0.717) is 11.3 Å². The molecule has 0 unspecified atom stereocenters. The fraction of sp³-hybridized carbons (Fsp3) is 0.182. The molecule has 0 fully saturated rings. The minimum Gasteiger partial charge on any atom is -0.496 e. The summed E-state index contributed by atoms with van der Waals surface area (Å²) in [6.07, 6.45) is 1.30. The van der Waals surface area contributed by atoms with E-state index in [-0.39, 0.29) is 5.70 Å². The third-order valence-corrected chi connectivity index (χ3v) is 2.09. The Kier molecular flexibility index (Phi) is 4.14. The van der Waals surface area contributed by atoms with E-state index in [0.717, 1.165) is 5.56 Å². The van der Waals surface area contributed by atoms with Gasteiger partial charge in [-0.25, -0.2) is 4.79 Å². The summed E-state index contributed by atoms with van der Waals surface area (Å²) < 4.78 is 5.08. The number of aliphatic carboxylic acids is 1. The van der Waals surface area contributed by atoms with Crippen LogP contribution < -0.4 is 4.74 Å². The first-order chi connectivity index (χ1) is 8.08. The predicted octanol–water partition coefficient (Wildman–Crippen LogP) is 2.74. The monoisotopic (exact) mass is 233 g/mol. The number of carboxylic acid groups (broad SMARTS) is 1. The van der Waals surface area contributed by atoms with Gasteiger partial charge in [0.25, 0.3) is 0 Å². The molecule has 0 aliphatic carbocycles. The lowest BCUT2D eigenvalue weighted by atomic mass is 10.1. The van der Waals surface area contributed by atoms with Gasteiger partial charge in [-0.3, -0.25) is 0 Å². The van der Waals surface area contributed by atoms with Gasteiger partial charge in [-0.05, 0) is 41.8 Å². The molecule has 1 aromatic rings. The van der Waals surface area contributed by atoms with Crippen LogP contribution in [0.1, 0.15) is 11.1 Å². The maximum atomic E-state index is 10.7. The molecule has 0 aromatic heterocycles. The number of methoxy groups -OCH3 is 1. The summed E-state index contributed by atoms with van der Waals surface area (Å²) in [7, 11) is 1.56. The highest BCUT2D eigenvalue weighted by Gasteiger charge is 2.05. The molecule has 17 heavy (non-hydrogen) atoms. The van der Waals surface area contributed by atoms with Gasteiger partial charge in [-0.1, -0.05) is 11.2 Å². The third-order valence-electron chi connectivity index (χ3n) is 2.09. The number of rotatable bonds is 4. The first kappa shape index (κ1) is 12.6. The largest absolute Gasteiger partial charge is 0.496 e. The molecule has 0 spiro atoms. The summed E-state index contributed by atoms with van der Waals surface area (Å²) in [5.74, 6) is -0.556. The maximum Gasteiger partial charge on any atom is 0.338 e. The van der Waals surface area contributed by atoms with Crippen LogP contribution in [-0.4, -0.2) is 18.2 Å².